The summed E-state index contributed by atoms with van der Waals surface area (Å²) in [5, 5.41) is 10.6. The number of benzene rings is 1. The lowest BCUT2D eigenvalue weighted by molar-refractivity contribution is -0.126. The van der Waals surface area contributed by atoms with Gasteiger partial charge < -0.3 is 14.7 Å². The van der Waals surface area contributed by atoms with Gasteiger partial charge in [-0.15, -0.1) is 0 Å². The van der Waals surface area contributed by atoms with Gasteiger partial charge in [0, 0.05) is 30.8 Å². The molecule has 0 saturated carbocycles. The molecule has 6 heteroatoms. The first kappa shape index (κ1) is 18.5. The van der Waals surface area contributed by atoms with Crippen LogP contribution in [0, 0.1) is 5.92 Å². The van der Waals surface area contributed by atoms with Crippen molar-refractivity contribution in [2.45, 2.75) is 51.4 Å². The number of ether oxygens (including phenoxy) is 1. The zero-order chi connectivity index (χ0) is 19.1. The SMILES string of the molecule is CN(c1ccccc1)[C@@H]1C=C2[C@H](CC(=O)N2C(=O)OC(C)(C)C)C[C@@H]1O. The normalized spacial score (nSPS) is 25.6. The Morgan fingerprint density at radius 3 is 2.54 bits per heavy atom. The Labute approximate surface area is 154 Å². The topological polar surface area (TPSA) is 70.1 Å². The molecule has 1 saturated heterocycles. The summed E-state index contributed by atoms with van der Waals surface area (Å²) in [4.78, 5) is 28.0. The maximum absolute atomic E-state index is 12.5. The lowest BCUT2D eigenvalue weighted by atomic mass is 9.86. The van der Waals surface area contributed by atoms with E-state index in [2.05, 4.69) is 0 Å². The van der Waals surface area contributed by atoms with Gasteiger partial charge in [-0.3, -0.25) is 4.79 Å². The highest BCUT2D eigenvalue weighted by Gasteiger charge is 2.45. The molecule has 1 fully saturated rings. The van der Waals surface area contributed by atoms with E-state index < -0.39 is 17.8 Å². The highest BCUT2D eigenvalue weighted by Crippen LogP contribution is 2.39. The van der Waals surface area contributed by atoms with Crippen LogP contribution in [0.1, 0.15) is 33.6 Å². The van der Waals surface area contributed by atoms with E-state index in [1.165, 1.54) is 0 Å². The number of hydrogen-bond acceptors (Lipinski definition) is 5. The van der Waals surface area contributed by atoms with Crippen molar-refractivity contribution in [3.8, 4) is 0 Å². The number of carbonyl (C=O) groups excluding carboxylic acids is 2. The monoisotopic (exact) mass is 358 g/mol. The number of rotatable bonds is 2. The smallest absolute Gasteiger partial charge is 0.421 e. The zero-order valence-electron chi connectivity index (χ0n) is 15.7. The summed E-state index contributed by atoms with van der Waals surface area (Å²) >= 11 is 0. The van der Waals surface area contributed by atoms with Gasteiger partial charge in [-0.1, -0.05) is 18.2 Å². The second-order valence-corrected chi connectivity index (χ2v) is 7.94. The van der Waals surface area contributed by atoms with Crippen LogP contribution in [0.15, 0.2) is 42.1 Å². The number of amides is 2. The van der Waals surface area contributed by atoms with Crippen molar-refractivity contribution in [3.05, 3.63) is 42.1 Å². The van der Waals surface area contributed by atoms with Crippen molar-refractivity contribution < 1.29 is 19.4 Å². The highest BCUT2D eigenvalue weighted by molar-refractivity contribution is 5.97. The van der Waals surface area contributed by atoms with Gasteiger partial charge in [-0.25, -0.2) is 9.69 Å². The van der Waals surface area contributed by atoms with E-state index >= 15 is 0 Å². The Hall–Kier alpha value is -2.34. The van der Waals surface area contributed by atoms with Crippen LogP contribution in [0.25, 0.3) is 0 Å². The predicted octanol–water partition coefficient (Wildman–Crippen LogP) is 2.92. The Balaban J connectivity index is 1.90. The van der Waals surface area contributed by atoms with Crippen molar-refractivity contribution in [1.29, 1.82) is 0 Å². The largest absolute Gasteiger partial charge is 0.443 e. The summed E-state index contributed by atoms with van der Waals surface area (Å²) in [6.45, 7) is 5.32. The van der Waals surface area contributed by atoms with Gasteiger partial charge in [0.15, 0.2) is 0 Å². The maximum Gasteiger partial charge on any atom is 0.421 e. The van der Waals surface area contributed by atoms with Crippen LogP contribution in [-0.2, 0) is 9.53 Å². The molecule has 2 amide bonds. The third-order valence-corrected chi connectivity index (χ3v) is 4.80. The Bertz CT molecular complexity index is 723. The van der Waals surface area contributed by atoms with E-state index in [1.807, 2.05) is 48.4 Å². The molecular formula is C20H26N2O4. The fourth-order valence-electron chi connectivity index (χ4n) is 3.58. The van der Waals surface area contributed by atoms with Gasteiger partial charge in [0.2, 0.25) is 5.91 Å². The molecule has 6 nitrogen and oxygen atoms in total. The van der Waals surface area contributed by atoms with Crippen LogP contribution in [0.4, 0.5) is 10.5 Å². The molecule has 3 atom stereocenters. The van der Waals surface area contributed by atoms with Gasteiger partial charge in [-0.05, 0) is 45.4 Å². The first-order valence-corrected chi connectivity index (χ1v) is 8.91. The molecule has 1 aromatic rings. The number of nitrogens with zero attached hydrogens (tertiary/aromatic N) is 2. The number of allylic oxidation sites excluding steroid dienone is 1. The van der Waals surface area contributed by atoms with E-state index in [0.717, 1.165) is 10.6 Å². The number of anilines is 1. The van der Waals surface area contributed by atoms with E-state index in [4.69, 9.17) is 4.74 Å². The molecule has 0 spiro atoms. The summed E-state index contributed by atoms with van der Waals surface area (Å²) in [6.07, 6.45) is 1.25. The molecule has 2 aliphatic rings. The zero-order valence-corrected chi connectivity index (χ0v) is 15.7. The number of likely N-dealkylation sites (N-methyl/N-ethyl adjacent to an activating group) is 1. The van der Waals surface area contributed by atoms with E-state index in [0.29, 0.717) is 12.1 Å². The molecule has 1 aliphatic heterocycles. The standard InChI is InChI=1S/C20H26N2O4/c1-20(2,3)26-19(25)22-15-12-16(17(23)10-13(15)11-18(22)24)21(4)14-8-6-5-7-9-14/h5-9,12-13,16-17,23H,10-11H2,1-4H3/t13-,16+,17-/m0/s1. The highest BCUT2D eigenvalue weighted by atomic mass is 16.6. The minimum atomic E-state index is -0.676. The van der Waals surface area contributed by atoms with E-state index in [1.54, 1.807) is 20.8 Å². The average molecular weight is 358 g/mol. The second kappa shape index (κ2) is 6.76. The predicted molar refractivity (Wildman–Crippen MR) is 98.5 cm³/mol. The summed E-state index contributed by atoms with van der Waals surface area (Å²) in [6, 6.07) is 9.40. The van der Waals surface area contributed by atoms with Crippen LogP contribution in [-0.4, -0.2) is 46.8 Å². The minimum absolute atomic E-state index is 0.148. The van der Waals surface area contributed by atoms with Crippen LogP contribution in [0.5, 0.6) is 0 Å². The minimum Gasteiger partial charge on any atom is -0.443 e. The maximum atomic E-state index is 12.5. The first-order chi connectivity index (χ1) is 12.2. The molecule has 1 aromatic carbocycles. The number of para-hydroxylation sites is 1. The summed E-state index contributed by atoms with van der Waals surface area (Å²) in [5.41, 5.74) is 0.923. The summed E-state index contributed by atoms with van der Waals surface area (Å²) in [7, 11) is 1.90. The third kappa shape index (κ3) is 3.60. The molecular weight excluding hydrogens is 332 g/mol. The number of imide groups is 1. The van der Waals surface area contributed by atoms with E-state index in [-0.39, 0.29) is 24.3 Å². The van der Waals surface area contributed by atoms with Crippen molar-refractivity contribution in [2.24, 2.45) is 5.92 Å². The molecule has 0 aromatic heterocycles. The third-order valence-electron chi connectivity index (χ3n) is 4.80. The molecule has 140 valence electrons. The van der Waals surface area contributed by atoms with Crippen molar-refractivity contribution in [3.63, 3.8) is 0 Å². The molecule has 1 aliphatic carbocycles. The van der Waals surface area contributed by atoms with Crippen LogP contribution in [0.3, 0.4) is 0 Å². The lowest BCUT2D eigenvalue weighted by Crippen LogP contribution is -2.45. The van der Waals surface area contributed by atoms with Gasteiger partial charge in [0.25, 0.3) is 0 Å². The molecule has 26 heavy (non-hydrogen) atoms. The lowest BCUT2D eigenvalue weighted by Gasteiger charge is -2.37. The van der Waals surface area contributed by atoms with Gasteiger partial charge >= 0.3 is 6.09 Å². The number of carbonyl (C=O) groups is 2. The molecule has 1 heterocycles. The molecule has 1 N–H and O–H groups in total. The average Bonchev–Trinajstić information content (AvgIpc) is 2.87. The van der Waals surface area contributed by atoms with Crippen molar-refractivity contribution in [1.82, 2.24) is 4.90 Å². The molecule has 3 rings (SSSR count). The Morgan fingerprint density at radius 2 is 1.92 bits per heavy atom. The molecule has 0 unspecified atom stereocenters. The number of fused-ring (bicyclic) bond motifs is 1. The number of aliphatic hydroxyl groups is 1. The fraction of sp³-hybridized carbons (Fsp3) is 0.500. The summed E-state index contributed by atoms with van der Waals surface area (Å²) in [5.74, 6) is -0.420. The van der Waals surface area contributed by atoms with Crippen LogP contribution >= 0.6 is 0 Å². The van der Waals surface area contributed by atoms with Crippen LogP contribution < -0.4 is 4.90 Å². The van der Waals surface area contributed by atoms with Gasteiger partial charge in [0.05, 0.1) is 12.1 Å². The second-order valence-electron chi connectivity index (χ2n) is 7.94. The summed E-state index contributed by atoms with van der Waals surface area (Å²) < 4.78 is 5.40. The van der Waals surface area contributed by atoms with Gasteiger partial charge in [0.1, 0.15) is 5.60 Å². The van der Waals surface area contributed by atoms with Crippen molar-refractivity contribution >= 4 is 17.7 Å². The van der Waals surface area contributed by atoms with E-state index in [9.17, 15) is 14.7 Å². The first-order valence-electron chi connectivity index (χ1n) is 8.91. The number of likely N-dealkylation sites (tertiary alicyclic amines) is 1. The molecule has 0 radical (unpaired) electrons. The quantitative estimate of drug-likeness (QED) is 0.880. The number of hydrogen-bond donors (Lipinski definition) is 1. The molecule has 0 bridgehead atoms. The number of aliphatic hydroxyl groups excluding tert-OH is 1. The van der Waals surface area contributed by atoms with Crippen LogP contribution in [0.2, 0.25) is 0 Å². The Morgan fingerprint density at radius 1 is 1.27 bits per heavy atom. The van der Waals surface area contributed by atoms with Crippen molar-refractivity contribution in [2.75, 3.05) is 11.9 Å². The Kier molecular flexibility index (Phi) is 4.80. The van der Waals surface area contributed by atoms with Gasteiger partial charge in [-0.2, -0.15) is 0 Å². The fourth-order valence-corrected chi connectivity index (χ4v) is 3.58.